The van der Waals surface area contributed by atoms with Gasteiger partial charge in [-0.3, -0.25) is 0 Å². The largest absolute Gasteiger partial charge is 0.330 e. The number of fused-ring (bicyclic) bond motifs is 1. The van der Waals surface area contributed by atoms with E-state index in [9.17, 15) is 0 Å². The summed E-state index contributed by atoms with van der Waals surface area (Å²) in [6.07, 6.45) is 20.2. The summed E-state index contributed by atoms with van der Waals surface area (Å²) >= 11 is 1.74. The van der Waals surface area contributed by atoms with Crippen molar-refractivity contribution >= 4 is 22.7 Å². The lowest BCUT2D eigenvalue weighted by Gasteiger charge is -2.08. The van der Waals surface area contributed by atoms with Crippen LogP contribution in [0.4, 0.5) is 0 Å². The lowest BCUT2D eigenvalue weighted by atomic mass is 10.0. The number of unbranched alkanes of at least 4 members (excludes halogenated alkanes) is 13. The van der Waals surface area contributed by atoms with Gasteiger partial charge in [0.15, 0.2) is 5.16 Å². The molecule has 2 aromatic rings. The molecule has 0 aliphatic rings. The lowest BCUT2D eigenvalue weighted by Crippen LogP contribution is -1.98. The van der Waals surface area contributed by atoms with E-state index in [0.717, 1.165) is 29.4 Å². The van der Waals surface area contributed by atoms with Crippen molar-refractivity contribution in [3.8, 4) is 0 Å². The number of hydrogen-bond acceptors (Lipinski definition) is 4. The molecule has 0 unspecified atom stereocenters. The molecule has 0 aliphatic carbocycles. The zero-order chi connectivity index (χ0) is 21.3. The van der Waals surface area contributed by atoms with E-state index in [-0.39, 0.29) is 0 Å². The number of nitrogens with two attached hydrogens (primary N) is 1. The second-order valence-electron chi connectivity index (χ2n) is 8.39. The van der Waals surface area contributed by atoms with E-state index >= 15 is 0 Å². The molecule has 0 amide bonds. The number of benzene rings is 1. The van der Waals surface area contributed by atoms with Gasteiger partial charge in [0, 0.05) is 5.39 Å². The van der Waals surface area contributed by atoms with Crippen LogP contribution in [-0.2, 0) is 6.42 Å². The molecule has 168 valence electrons. The third kappa shape index (κ3) is 10.3. The molecule has 1 aromatic heterocycles. The fraction of sp³-hybridized carbons (Fsp3) is 0.692. The average Bonchev–Trinajstić information content (AvgIpc) is 2.76. The topological polar surface area (TPSA) is 51.8 Å². The van der Waals surface area contributed by atoms with E-state index in [1.807, 2.05) is 0 Å². The molecule has 2 N–H and O–H groups in total. The number of aromatic nitrogens is 2. The van der Waals surface area contributed by atoms with Crippen LogP contribution in [0.5, 0.6) is 0 Å². The molecule has 0 bridgehead atoms. The molecule has 1 aromatic carbocycles. The molecule has 30 heavy (non-hydrogen) atoms. The smallest absolute Gasteiger partial charge is 0.188 e. The van der Waals surface area contributed by atoms with Crippen LogP contribution in [0, 0.1) is 0 Å². The molecular formula is C26H43N3S. The van der Waals surface area contributed by atoms with E-state index in [4.69, 9.17) is 15.7 Å². The Morgan fingerprint density at radius 2 is 1.23 bits per heavy atom. The minimum Gasteiger partial charge on any atom is -0.330 e. The Balaban J connectivity index is 1.51. The summed E-state index contributed by atoms with van der Waals surface area (Å²) in [4.78, 5) is 9.53. The molecule has 0 saturated carbocycles. The van der Waals surface area contributed by atoms with Gasteiger partial charge in [0.05, 0.1) is 11.2 Å². The normalized spacial score (nSPS) is 11.4. The maximum absolute atomic E-state index is 5.53. The number of hydrogen-bond donors (Lipinski definition) is 1. The standard InChI is InChI=1S/C26H43N3S/c1-2-30-26-28-24(23-19-16-17-21-25(23)29-26)20-15-13-11-9-7-5-3-4-6-8-10-12-14-18-22-27/h16-17,19,21H,2-15,18,20,22,27H2,1H3. The first-order chi connectivity index (χ1) is 14.8. The van der Waals surface area contributed by atoms with Gasteiger partial charge >= 0.3 is 0 Å². The molecular weight excluding hydrogens is 386 g/mol. The zero-order valence-electron chi connectivity index (χ0n) is 19.2. The Bertz CT molecular complexity index is 689. The van der Waals surface area contributed by atoms with Crippen LogP contribution >= 0.6 is 11.8 Å². The first kappa shape index (κ1) is 25.1. The van der Waals surface area contributed by atoms with Crippen molar-refractivity contribution < 1.29 is 0 Å². The molecule has 0 aliphatic heterocycles. The number of aryl methyl sites for hydroxylation is 1. The van der Waals surface area contributed by atoms with Gasteiger partial charge in [-0.15, -0.1) is 0 Å². The predicted octanol–water partition coefficient (Wildman–Crippen LogP) is 7.70. The van der Waals surface area contributed by atoms with Gasteiger partial charge in [0.1, 0.15) is 0 Å². The number of para-hydroxylation sites is 1. The van der Waals surface area contributed by atoms with Gasteiger partial charge in [-0.2, -0.15) is 0 Å². The Morgan fingerprint density at radius 1 is 0.700 bits per heavy atom. The minimum absolute atomic E-state index is 0.858. The highest BCUT2D eigenvalue weighted by atomic mass is 32.2. The van der Waals surface area contributed by atoms with Gasteiger partial charge < -0.3 is 5.73 Å². The number of nitrogens with zero attached hydrogens (tertiary/aromatic N) is 2. The maximum atomic E-state index is 5.53. The molecule has 2 rings (SSSR count). The summed E-state index contributed by atoms with van der Waals surface area (Å²) in [6.45, 7) is 3.02. The van der Waals surface area contributed by atoms with Crippen LogP contribution in [0.25, 0.3) is 10.9 Å². The summed E-state index contributed by atoms with van der Waals surface area (Å²) in [6, 6.07) is 8.46. The summed E-state index contributed by atoms with van der Waals surface area (Å²) < 4.78 is 0. The van der Waals surface area contributed by atoms with Crippen molar-refractivity contribution in [3.63, 3.8) is 0 Å². The maximum Gasteiger partial charge on any atom is 0.188 e. The number of thioether (sulfide) groups is 1. The van der Waals surface area contributed by atoms with Gasteiger partial charge in [-0.05, 0) is 37.6 Å². The lowest BCUT2D eigenvalue weighted by molar-refractivity contribution is 0.533. The Morgan fingerprint density at radius 3 is 1.80 bits per heavy atom. The van der Waals surface area contributed by atoms with Gasteiger partial charge in [0.25, 0.3) is 0 Å². The van der Waals surface area contributed by atoms with E-state index in [1.54, 1.807) is 11.8 Å². The SMILES string of the molecule is CCSc1nc(CCCCCCCCCCCCCCCCN)c2ccccc2n1. The van der Waals surface area contributed by atoms with Crippen LogP contribution in [0.1, 0.15) is 103 Å². The van der Waals surface area contributed by atoms with Crippen molar-refractivity contribution in [2.75, 3.05) is 12.3 Å². The predicted molar refractivity (Wildman–Crippen MR) is 133 cm³/mol. The van der Waals surface area contributed by atoms with Crippen molar-refractivity contribution in [2.45, 2.75) is 108 Å². The molecule has 0 fully saturated rings. The molecule has 0 spiro atoms. The van der Waals surface area contributed by atoms with E-state index in [2.05, 4.69) is 31.2 Å². The summed E-state index contributed by atoms with van der Waals surface area (Å²) in [5.41, 5.74) is 7.86. The molecule has 0 saturated heterocycles. The Kier molecular flexibility index (Phi) is 13.9. The van der Waals surface area contributed by atoms with Crippen LogP contribution < -0.4 is 5.73 Å². The fourth-order valence-electron chi connectivity index (χ4n) is 4.06. The average molecular weight is 430 g/mol. The second kappa shape index (κ2) is 16.5. The van der Waals surface area contributed by atoms with E-state index < -0.39 is 0 Å². The van der Waals surface area contributed by atoms with Gasteiger partial charge in [-0.1, -0.05) is 114 Å². The van der Waals surface area contributed by atoms with Gasteiger partial charge in [0.2, 0.25) is 0 Å². The zero-order valence-corrected chi connectivity index (χ0v) is 20.0. The highest BCUT2D eigenvalue weighted by Gasteiger charge is 2.07. The van der Waals surface area contributed by atoms with Crippen molar-refractivity contribution in [1.29, 1.82) is 0 Å². The summed E-state index contributed by atoms with van der Waals surface area (Å²) in [7, 11) is 0. The van der Waals surface area contributed by atoms with Gasteiger partial charge in [-0.25, -0.2) is 9.97 Å². The van der Waals surface area contributed by atoms with E-state index in [1.165, 1.54) is 101 Å². The van der Waals surface area contributed by atoms with Crippen LogP contribution in [0.3, 0.4) is 0 Å². The van der Waals surface area contributed by atoms with Crippen LogP contribution in [0.2, 0.25) is 0 Å². The monoisotopic (exact) mass is 429 g/mol. The highest BCUT2D eigenvalue weighted by molar-refractivity contribution is 7.99. The summed E-state index contributed by atoms with van der Waals surface area (Å²) in [5.74, 6) is 1.02. The van der Waals surface area contributed by atoms with Crippen LogP contribution in [0.15, 0.2) is 29.4 Å². The third-order valence-electron chi connectivity index (χ3n) is 5.80. The van der Waals surface area contributed by atoms with E-state index in [0.29, 0.717) is 0 Å². The fourth-order valence-corrected chi connectivity index (χ4v) is 4.66. The van der Waals surface area contributed by atoms with Crippen LogP contribution in [-0.4, -0.2) is 22.3 Å². The second-order valence-corrected chi connectivity index (χ2v) is 9.62. The molecule has 0 atom stereocenters. The molecule has 4 heteroatoms. The molecule has 0 radical (unpaired) electrons. The van der Waals surface area contributed by atoms with Crippen molar-refractivity contribution in [1.82, 2.24) is 9.97 Å². The minimum atomic E-state index is 0.858. The quantitative estimate of drug-likeness (QED) is 0.150. The molecule has 1 heterocycles. The van der Waals surface area contributed by atoms with Crippen molar-refractivity contribution in [3.05, 3.63) is 30.0 Å². The third-order valence-corrected chi connectivity index (χ3v) is 6.53. The van der Waals surface area contributed by atoms with Crippen molar-refractivity contribution in [2.24, 2.45) is 5.73 Å². The first-order valence-electron chi connectivity index (χ1n) is 12.4. The molecule has 3 nitrogen and oxygen atoms in total. The Hall–Kier alpha value is -1.13. The first-order valence-corrected chi connectivity index (χ1v) is 13.4. The summed E-state index contributed by atoms with van der Waals surface area (Å²) in [5, 5.41) is 2.17. The number of rotatable bonds is 18. The Labute approximate surface area is 189 Å². The highest BCUT2D eigenvalue weighted by Crippen LogP contribution is 2.22.